The lowest BCUT2D eigenvalue weighted by molar-refractivity contribution is -0.128. The van der Waals surface area contributed by atoms with Crippen LogP contribution in [0.1, 0.15) is 31.9 Å². The number of hydrogen-bond donors (Lipinski definition) is 1. The van der Waals surface area contributed by atoms with Crippen molar-refractivity contribution >= 4 is 40.9 Å². The first kappa shape index (κ1) is 27.9. The number of anilines is 1. The SMILES string of the molecule is CCOc1ccc(CCNC(=O)[C@@H](C)[C@@H]2Sc3ccccc3N(Cc3ccccc3Cl)C2=O)cc1OCC. The molecule has 0 saturated heterocycles. The fraction of sp³-hybridized carbons (Fsp3) is 0.333. The van der Waals surface area contributed by atoms with Crippen LogP contribution in [0.4, 0.5) is 5.69 Å². The molecule has 0 aromatic heterocycles. The van der Waals surface area contributed by atoms with Crippen molar-refractivity contribution in [3.8, 4) is 11.5 Å². The molecular weight excluding hydrogens is 520 g/mol. The highest BCUT2D eigenvalue weighted by Gasteiger charge is 2.39. The highest BCUT2D eigenvalue weighted by atomic mass is 35.5. The molecule has 0 aliphatic carbocycles. The van der Waals surface area contributed by atoms with Gasteiger partial charge in [0.25, 0.3) is 0 Å². The van der Waals surface area contributed by atoms with Crippen LogP contribution in [0, 0.1) is 5.92 Å². The Balaban J connectivity index is 1.43. The van der Waals surface area contributed by atoms with Gasteiger partial charge in [0.15, 0.2) is 11.5 Å². The van der Waals surface area contributed by atoms with E-state index in [0.29, 0.717) is 49.2 Å². The van der Waals surface area contributed by atoms with Crippen molar-refractivity contribution in [2.75, 3.05) is 24.7 Å². The van der Waals surface area contributed by atoms with Crippen molar-refractivity contribution in [1.29, 1.82) is 0 Å². The van der Waals surface area contributed by atoms with Gasteiger partial charge >= 0.3 is 0 Å². The van der Waals surface area contributed by atoms with E-state index in [2.05, 4.69) is 5.32 Å². The van der Waals surface area contributed by atoms with Gasteiger partial charge in [-0.15, -0.1) is 11.8 Å². The van der Waals surface area contributed by atoms with Gasteiger partial charge in [0, 0.05) is 16.5 Å². The van der Waals surface area contributed by atoms with E-state index >= 15 is 0 Å². The summed E-state index contributed by atoms with van der Waals surface area (Å²) in [4.78, 5) is 29.6. The number of carbonyl (C=O) groups excluding carboxylic acids is 2. The van der Waals surface area contributed by atoms with Crippen LogP contribution in [0.15, 0.2) is 71.6 Å². The number of para-hydroxylation sites is 1. The van der Waals surface area contributed by atoms with E-state index in [1.165, 1.54) is 11.8 Å². The average molecular weight is 553 g/mol. The molecule has 0 fully saturated rings. The van der Waals surface area contributed by atoms with Crippen molar-refractivity contribution < 1.29 is 19.1 Å². The average Bonchev–Trinajstić information content (AvgIpc) is 2.92. The van der Waals surface area contributed by atoms with Gasteiger partial charge in [-0.05, 0) is 61.7 Å². The first-order valence-corrected chi connectivity index (χ1v) is 14.1. The summed E-state index contributed by atoms with van der Waals surface area (Å²) in [6.07, 6.45) is 0.637. The van der Waals surface area contributed by atoms with E-state index in [-0.39, 0.29) is 11.8 Å². The molecule has 1 aliphatic heterocycles. The molecule has 3 aromatic carbocycles. The minimum atomic E-state index is -0.539. The van der Waals surface area contributed by atoms with Crippen molar-refractivity contribution in [1.82, 2.24) is 5.32 Å². The van der Waals surface area contributed by atoms with Crippen molar-refractivity contribution in [3.05, 3.63) is 82.9 Å². The number of nitrogens with one attached hydrogen (secondary N) is 1. The first-order chi connectivity index (χ1) is 18.4. The summed E-state index contributed by atoms with van der Waals surface area (Å²) < 4.78 is 11.3. The van der Waals surface area contributed by atoms with E-state index in [4.69, 9.17) is 21.1 Å². The van der Waals surface area contributed by atoms with Gasteiger partial charge in [0.1, 0.15) is 5.25 Å². The van der Waals surface area contributed by atoms with Crippen molar-refractivity contribution in [2.24, 2.45) is 5.92 Å². The zero-order chi connectivity index (χ0) is 27.1. The maximum absolute atomic E-state index is 13.7. The molecule has 0 radical (unpaired) electrons. The van der Waals surface area contributed by atoms with E-state index in [9.17, 15) is 9.59 Å². The minimum Gasteiger partial charge on any atom is -0.490 e. The van der Waals surface area contributed by atoms with Gasteiger partial charge in [0.05, 0.1) is 31.4 Å². The Labute approximate surface area is 233 Å². The van der Waals surface area contributed by atoms with E-state index < -0.39 is 11.2 Å². The van der Waals surface area contributed by atoms with E-state index in [0.717, 1.165) is 21.7 Å². The molecule has 0 saturated carbocycles. The molecule has 3 aromatic rings. The summed E-state index contributed by atoms with van der Waals surface area (Å²) in [6, 6.07) is 21.1. The molecule has 6 nitrogen and oxygen atoms in total. The Morgan fingerprint density at radius 1 is 1.03 bits per heavy atom. The topological polar surface area (TPSA) is 67.9 Å². The molecule has 0 unspecified atom stereocenters. The Kier molecular flexibility index (Phi) is 9.58. The van der Waals surface area contributed by atoms with Gasteiger partial charge in [0.2, 0.25) is 11.8 Å². The molecule has 1 aliphatic rings. The highest BCUT2D eigenvalue weighted by Crippen LogP contribution is 2.42. The van der Waals surface area contributed by atoms with Gasteiger partial charge < -0.3 is 19.7 Å². The molecular formula is C30H33ClN2O4S. The number of nitrogens with zero attached hydrogens (tertiary/aromatic N) is 1. The molecule has 2 atom stereocenters. The Bertz CT molecular complexity index is 1280. The molecule has 2 amide bonds. The van der Waals surface area contributed by atoms with Crippen LogP contribution >= 0.6 is 23.4 Å². The second kappa shape index (κ2) is 13.1. The lowest BCUT2D eigenvalue weighted by Crippen LogP contribution is -2.47. The summed E-state index contributed by atoms with van der Waals surface area (Å²) in [7, 11) is 0. The highest BCUT2D eigenvalue weighted by molar-refractivity contribution is 8.01. The van der Waals surface area contributed by atoms with Crippen molar-refractivity contribution in [2.45, 2.75) is 43.9 Å². The van der Waals surface area contributed by atoms with Gasteiger partial charge in [-0.3, -0.25) is 9.59 Å². The third-order valence-electron chi connectivity index (χ3n) is 6.39. The Morgan fingerprint density at radius 2 is 1.74 bits per heavy atom. The fourth-order valence-electron chi connectivity index (χ4n) is 4.39. The second-order valence-electron chi connectivity index (χ2n) is 9.00. The summed E-state index contributed by atoms with van der Waals surface area (Å²) in [5.74, 6) is 0.653. The number of amides is 2. The number of benzene rings is 3. The zero-order valence-electron chi connectivity index (χ0n) is 21.9. The lowest BCUT2D eigenvalue weighted by Gasteiger charge is -2.36. The van der Waals surface area contributed by atoms with Crippen LogP contribution in [0.25, 0.3) is 0 Å². The summed E-state index contributed by atoms with van der Waals surface area (Å²) in [6.45, 7) is 7.59. The number of ether oxygens (including phenoxy) is 2. The second-order valence-corrected chi connectivity index (χ2v) is 10.6. The van der Waals surface area contributed by atoms with Gasteiger partial charge in [-0.25, -0.2) is 0 Å². The van der Waals surface area contributed by atoms with Crippen LogP contribution in [0.3, 0.4) is 0 Å². The molecule has 4 rings (SSSR count). The van der Waals surface area contributed by atoms with Crippen LogP contribution < -0.4 is 19.7 Å². The lowest BCUT2D eigenvalue weighted by atomic mass is 10.0. The monoisotopic (exact) mass is 552 g/mol. The third-order valence-corrected chi connectivity index (χ3v) is 8.23. The normalized spacial score (nSPS) is 15.5. The molecule has 1 N–H and O–H groups in total. The first-order valence-electron chi connectivity index (χ1n) is 12.9. The van der Waals surface area contributed by atoms with Crippen LogP contribution in [-0.2, 0) is 22.6 Å². The summed E-state index contributed by atoms with van der Waals surface area (Å²) >= 11 is 7.85. The maximum Gasteiger partial charge on any atom is 0.241 e. The van der Waals surface area contributed by atoms with Gasteiger partial charge in [-0.2, -0.15) is 0 Å². The predicted molar refractivity (Wildman–Crippen MR) is 153 cm³/mol. The summed E-state index contributed by atoms with van der Waals surface area (Å²) in [5, 5.41) is 3.09. The number of fused-ring (bicyclic) bond motifs is 1. The van der Waals surface area contributed by atoms with Crippen LogP contribution in [-0.4, -0.2) is 36.8 Å². The molecule has 0 bridgehead atoms. The van der Waals surface area contributed by atoms with E-state index in [1.54, 1.807) is 4.90 Å². The van der Waals surface area contributed by atoms with Gasteiger partial charge in [-0.1, -0.05) is 54.9 Å². The number of hydrogen-bond acceptors (Lipinski definition) is 5. The standard InChI is InChI=1S/C30H33ClN2O4S/c1-4-36-25-15-14-21(18-26(25)37-5-2)16-17-32-29(34)20(3)28-30(35)33(19-22-10-6-7-11-23(22)31)24-12-8-9-13-27(24)38-28/h6-15,18,20,28H,4-5,16-17,19H2,1-3H3,(H,32,34)/t20-,28-/m0/s1. The number of halogens is 1. The molecule has 38 heavy (non-hydrogen) atoms. The summed E-state index contributed by atoms with van der Waals surface area (Å²) in [5.41, 5.74) is 2.74. The molecule has 1 heterocycles. The quantitative estimate of drug-likeness (QED) is 0.309. The largest absolute Gasteiger partial charge is 0.490 e. The minimum absolute atomic E-state index is 0.0934. The van der Waals surface area contributed by atoms with Crippen molar-refractivity contribution in [3.63, 3.8) is 0 Å². The number of rotatable bonds is 11. The number of thioether (sulfide) groups is 1. The Hall–Kier alpha value is -3.16. The molecule has 0 spiro atoms. The molecule has 200 valence electrons. The molecule has 8 heteroatoms. The maximum atomic E-state index is 13.7. The fourth-order valence-corrected chi connectivity index (χ4v) is 5.88. The predicted octanol–water partition coefficient (Wildman–Crippen LogP) is 6.14. The zero-order valence-corrected chi connectivity index (χ0v) is 23.5. The van der Waals surface area contributed by atoms with Crippen LogP contribution in [0.5, 0.6) is 11.5 Å². The van der Waals surface area contributed by atoms with Crippen LogP contribution in [0.2, 0.25) is 5.02 Å². The van der Waals surface area contributed by atoms with E-state index in [1.807, 2.05) is 87.5 Å². The smallest absolute Gasteiger partial charge is 0.241 e. The number of carbonyl (C=O) groups is 2. The Morgan fingerprint density at radius 3 is 2.50 bits per heavy atom. The third kappa shape index (κ3) is 6.45.